The normalized spacial score (nSPS) is 11.0. The van der Waals surface area contributed by atoms with E-state index in [9.17, 15) is 9.18 Å². The standard InChI is InChI=1S/C19H14FNO2/c1-23-19-15(11-13-5-2-3-8-17(13)21-19)9-10-18(22)14-6-4-7-16(20)12-14/h2-12H,1H3. The van der Waals surface area contributed by atoms with Gasteiger partial charge in [-0.15, -0.1) is 0 Å². The zero-order valence-electron chi connectivity index (χ0n) is 12.5. The molecule has 0 aliphatic carbocycles. The first-order valence-electron chi connectivity index (χ1n) is 7.09. The second-order valence-corrected chi connectivity index (χ2v) is 4.99. The summed E-state index contributed by atoms with van der Waals surface area (Å²) in [6, 6.07) is 15.1. The SMILES string of the molecule is COc1nc2ccccc2cc1C=CC(=O)c1cccc(F)c1. The molecule has 4 heteroatoms. The number of aromatic nitrogens is 1. The number of methoxy groups -OCH3 is 1. The van der Waals surface area contributed by atoms with Gasteiger partial charge in [-0.2, -0.15) is 0 Å². The fraction of sp³-hybridized carbons (Fsp3) is 0.0526. The summed E-state index contributed by atoms with van der Waals surface area (Å²) in [4.78, 5) is 16.5. The molecular formula is C19H14FNO2. The Hall–Kier alpha value is -3.01. The van der Waals surface area contributed by atoms with E-state index in [0.717, 1.165) is 10.9 Å². The van der Waals surface area contributed by atoms with E-state index in [2.05, 4.69) is 4.98 Å². The molecule has 0 bridgehead atoms. The smallest absolute Gasteiger partial charge is 0.221 e. The Bertz CT molecular complexity index is 903. The maximum Gasteiger partial charge on any atom is 0.221 e. The number of benzene rings is 2. The number of hydrogen-bond donors (Lipinski definition) is 0. The van der Waals surface area contributed by atoms with Crippen LogP contribution < -0.4 is 4.74 Å². The molecule has 0 aliphatic heterocycles. The van der Waals surface area contributed by atoms with Crippen molar-refractivity contribution < 1.29 is 13.9 Å². The second-order valence-electron chi connectivity index (χ2n) is 4.99. The molecule has 0 unspecified atom stereocenters. The Kier molecular flexibility index (Phi) is 4.15. The van der Waals surface area contributed by atoms with Gasteiger partial charge in [0.2, 0.25) is 5.88 Å². The Balaban J connectivity index is 1.95. The van der Waals surface area contributed by atoms with Crippen LogP contribution in [0.5, 0.6) is 5.88 Å². The topological polar surface area (TPSA) is 39.2 Å². The van der Waals surface area contributed by atoms with Gasteiger partial charge in [0.15, 0.2) is 5.78 Å². The third-order valence-corrected chi connectivity index (χ3v) is 3.43. The summed E-state index contributed by atoms with van der Waals surface area (Å²) in [5, 5.41) is 0.950. The number of rotatable bonds is 4. The Labute approximate surface area is 133 Å². The molecule has 23 heavy (non-hydrogen) atoms. The molecule has 3 rings (SSSR count). The Morgan fingerprint density at radius 3 is 2.74 bits per heavy atom. The number of ketones is 1. The molecule has 0 amide bonds. The molecule has 0 radical (unpaired) electrons. The number of hydrogen-bond acceptors (Lipinski definition) is 3. The molecule has 0 saturated carbocycles. The van der Waals surface area contributed by atoms with Crippen molar-refractivity contribution in [2.75, 3.05) is 7.11 Å². The quantitative estimate of drug-likeness (QED) is 0.533. The van der Waals surface area contributed by atoms with Gasteiger partial charge in [-0.3, -0.25) is 4.79 Å². The van der Waals surface area contributed by atoms with Crippen LogP contribution in [-0.2, 0) is 0 Å². The van der Waals surface area contributed by atoms with E-state index < -0.39 is 5.82 Å². The first-order valence-corrected chi connectivity index (χ1v) is 7.09. The van der Waals surface area contributed by atoms with E-state index in [1.54, 1.807) is 12.1 Å². The van der Waals surface area contributed by atoms with Crippen LogP contribution in [0.3, 0.4) is 0 Å². The van der Waals surface area contributed by atoms with E-state index in [1.807, 2.05) is 30.3 Å². The molecule has 0 spiro atoms. The Morgan fingerprint density at radius 1 is 1.13 bits per heavy atom. The van der Waals surface area contributed by atoms with Gasteiger partial charge in [-0.1, -0.05) is 30.3 Å². The van der Waals surface area contributed by atoms with Gasteiger partial charge in [-0.25, -0.2) is 9.37 Å². The van der Waals surface area contributed by atoms with Gasteiger partial charge in [0.25, 0.3) is 0 Å². The minimum Gasteiger partial charge on any atom is -0.481 e. The van der Waals surface area contributed by atoms with E-state index in [0.29, 0.717) is 17.0 Å². The number of allylic oxidation sites excluding steroid dienone is 1. The zero-order valence-corrected chi connectivity index (χ0v) is 12.5. The van der Waals surface area contributed by atoms with Crippen LogP contribution in [0.25, 0.3) is 17.0 Å². The minimum absolute atomic E-state index is 0.278. The van der Waals surface area contributed by atoms with E-state index in [1.165, 1.54) is 31.4 Å². The van der Waals surface area contributed by atoms with Crippen LogP contribution >= 0.6 is 0 Å². The van der Waals surface area contributed by atoms with Crippen molar-refractivity contribution in [3.63, 3.8) is 0 Å². The number of fused-ring (bicyclic) bond motifs is 1. The molecule has 3 nitrogen and oxygen atoms in total. The van der Waals surface area contributed by atoms with Crippen molar-refractivity contribution >= 4 is 22.8 Å². The maximum atomic E-state index is 13.2. The lowest BCUT2D eigenvalue weighted by Crippen LogP contribution is -1.96. The molecule has 0 saturated heterocycles. The summed E-state index contributed by atoms with van der Waals surface area (Å²) in [5.74, 6) is -0.277. The highest BCUT2D eigenvalue weighted by Gasteiger charge is 2.07. The van der Waals surface area contributed by atoms with Crippen molar-refractivity contribution in [3.8, 4) is 5.88 Å². The lowest BCUT2D eigenvalue weighted by atomic mass is 10.1. The van der Waals surface area contributed by atoms with E-state index in [4.69, 9.17) is 4.74 Å². The summed E-state index contributed by atoms with van der Waals surface area (Å²) in [7, 11) is 1.53. The van der Waals surface area contributed by atoms with Crippen LogP contribution in [0.4, 0.5) is 4.39 Å². The Morgan fingerprint density at radius 2 is 1.96 bits per heavy atom. The van der Waals surface area contributed by atoms with E-state index in [-0.39, 0.29) is 5.78 Å². The number of carbonyl (C=O) groups excluding carboxylic acids is 1. The molecule has 0 N–H and O–H groups in total. The van der Waals surface area contributed by atoms with Crippen LogP contribution in [0.15, 0.2) is 60.7 Å². The van der Waals surface area contributed by atoms with Crippen LogP contribution in [0.1, 0.15) is 15.9 Å². The number of carbonyl (C=O) groups is 1. The van der Waals surface area contributed by atoms with Crippen LogP contribution in [0, 0.1) is 5.82 Å². The predicted octanol–water partition coefficient (Wildman–Crippen LogP) is 4.28. The van der Waals surface area contributed by atoms with Crippen molar-refractivity contribution in [1.82, 2.24) is 4.98 Å². The third kappa shape index (κ3) is 3.26. The molecule has 3 aromatic rings. The van der Waals surface area contributed by atoms with Gasteiger partial charge in [-0.05, 0) is 36.4 Å². The number of nitrogens with zero attached hydrogens (tertiary/aromatic N) is 1. The minimum atomic E-state index is -0.436. The monoisotopic (exact) mass is 307 g/mol. The largest absolute Gasteiger partial charge is 0.481 e. The highest BCUT2D eigenvalue weighted by molar-refractivity contribution is 6.07. The fourth-order valence-electron chi connectivity index (χ4n) is 2.30. The van der Waals surface area contributed by atoms with Gasteiger partial charge >= 0.3 is 0 Å². The predicted molar refractivity (Wildman–Crippen MR) is 88.1 cm³/mol. The molecule has 0 atom stereocenters. The van der Waals surface area contributed by atoms with Gasteiger partial charge in [0.05, 0.1) is 12.6 Å². The highest BCUT2D eigenvalue weighted by Crippen LogP contribution is 2.23. The summed E-state index contributed by atoms with van der Waals surface area (Å²) >= 11 is 0. The van der Waals surface area contributed by atoms with Gasteiger partial charge < -0.3 is 4.74 Å². The number of halogens is 1. The first-order chi connectivity index (χ1) is 11.2. The molecular weight excluding hydrogens is 293 g/mol. The van der Waals surface area contributed by atoms with Gasteiger partial charge in [0.1, 0.15) is 5.82 Å². The fourth-order valence-corrected chi connectivity index (χ4v) is 2.30. The highest BCUT2D eigenvalue weighted by atomic mass is 19.1. The molecule has 0 fully saturated rings. The van der Waals surface area contributed by atoms with Crippen LogP contribution in [-0.4, -0.2) is 17.9 Å². The average Bonchev–Trinajstić information content (AvgIpc) is 2.58. The van der Waals surface area contributed by atoms with Crippen molar-refractivity contribution in [3.05, 3.63) is 77.6 Å². The zero-order chi connectivity index (χ0) is 16.2. The molecule has 0 aliphatic rings. The summed E-state index contributed by atoms with van der Waals surface area (Å²) in [6.45, 7) is 0. The van der Waals surface area contributed by atoms with Crippen molar-refractivity contribution in [2.24, 2.45) is 0 Å². The average molecular weight is 307 g/mol. The molecule has 1 heterocycles. The lowest BCUT2D eigenvalue weighted by molar-refractivity contribution is 0.104. The molecule has 114 valence electrons. The number of para-hydroxylation sites is 1. The number of ether oxygens (including phenoxy) is 1. The number of pyridine rings is 1. The summed E-state index contributed by atoms with van der Waals surface area (Å²) in [5.41, 5.74) is 1.81. The lowest BCUT2D eigenvalue weighted by Gasteiger charge is -2.06. The molecule has 1 aromatic heterocycles. The third-order valence-electron chi connectivity index (χ3n) is 3.43. The second kappa shape index (κ2) is 6.40. The maximum absolute atomic E-state index is 13.2. The summed E-state index contributed by atoms with van der Waals surface area (Å²) in [6.07, 6.45) is 3.02. The molecule has 2 aromatic carbocycles. The van der Waals surface area contributed by atoms with Gasteiger partial charge in [0, 0.05) is 16.5 Å². The van der Waals surface area contributed by atoms with Crippen LogP contribution in [0.2, 0.25) is 0 Å². The van der Waals surface area contributed by atoms with Crippen molar-refractivity contribution in [1.29, 1.82) is 0 Å². The van der Waals surface area contributed by atoms with E-state index >= 15 is 0 Å². The first kappa shape index (κ1) is 14.9. The summed E-state index contributed by atoms with van der Waals surface area (Å²) < 4.78 is 18.5. The van der Waals surface area contributed by atoms with Crippen molar-refractivity contribution in [2.45, 2.75) is 0 Å².